The third-order valence-corrected chi connectivity index (χ3v) is 7.61. The molecule has 0 amide bonds. The average molecular weight is 214 g/mol. The van der Waals surface area contributed by atoms with Crippen LogP contribution >= 0.6 is 0 Å². The van der Waals surface area contributed by atoms with Gasteiger partial charge in [0, 0.05) is 0 Å². The van der Waals surface area contributed by atoms with Crippen molar-refractivity contribution >= 4 is 15.6 Å². The minimum atomic E-state index is -2.04. The Bertz CT molecular complexity index is 192. The Balaban J connectivity index is 4.67. The molecule has 0 atom stereocenters. The molecule has 0 saturated heterocycles. The third kappa shape index (κ3) is 3.43. The lowest BCUT2D eigenvalue weighted by molar-refractivity contribution is 0.456. The Morgan fingerprint density at radius 1 is 1.07 bits per heavy atom. The van der Waals surface area contributed by atoms with Gasteiger partial charge in [0.25, 0.3) is 0 Å². The van der Waals surface area contributed by atoms with Crippen LogP contribution in [0, 0.1) is 5.92 Å². The predicted molar refractivity (Wildman–Crippen MR) is 69.8 cm³/mol. The summed E-state index contributed by atoms with van der Waals surface area (Å²) >= 11 is 0. The predicted octanol–water partition coefficient (Wildman–Crippen LogP) is 3.21. The van der Waals surface area contributed by atoms with Crippen LogP contribution in [0.3, 0.4) is 0 Å². The summed E-state index contributed by atoms with van der Waals surface area (Å²) in [6.45, 7) is 17.7. The summed E-state index contributed by atoms with van der Waals surface area (Å²) in [6.07, 6.45) is 0. The molecule has 0 heterocycles. The van der Waals surface area contributed by atoms with Gasteiger partial charge in [-0.3, -0.25) is 0 Å². The Morgan fingerprint density at radius 2 is 1.43 bits per heavy atom. The molecule has 0 aromatic carbocycles. The highest BCUT2D eigenvalue weighted by Crippen LogP contribution is 2.45. The lowest BCUT2D eigenvalue weighted by Crippen LogP contribution is -2.46. The zero-order valence-electron chi connectivity index (χ0n) is 11.2. The molecule has 14 heavy (non-hydrogen) atoms. The summed E-state index contributed by atoms with van der Waals surface area (Å²) in [7, 11) is -0.936. The highest BCUT2D eigenvalue weighted by molar-refractivity contribution is 6.83. The van der Waals surface area contributed by atoms with E-state index in [9.17, 15) is 4.80 Å². The standard InChI is InChI=1S/C11H27BOSi/c1-9(2)10(3,4)12-11(5,6)14(7,8)13/h9,12-13H,1-8H3. The van der Waals surface area contributed by atoms with E-state index in [1.165, 1.54) is 0 Å². The monoisotopic (exact) mass is 214 g/mol. The van der Waals surface area contributed by atoms with Crippen LogP contribution in [0.2, 0.25) is 23.3 Å². The number of rotatable bonds is 4. The third-order valence-electron chi connectivity index (χ3n) is 4.12. The minimum absolute atomic E-state index is 0.0980. The summed E-state index contributed by atoms with van der Waals surface area (Å²) in [4.78, 5) is 10.3. The number of hydrogen-bond donors (Lipinski definition) is 1. The quantitative estimate of drug-likeness (QED) is 0.712. The van der Waals surface area contributed by atoms with E-state index in [0.717, 1.165) is 7.28 Å². The molecule has 0 radical (unpaired) electrons. The highest BCUT2D eigenvalue weighted by Gasteiger charge is 2.43. The second-order valence-corrected chi connectivity index (χ2v) is 11.2. The van der Waals surface area contributed by atoms with Gasteiger partial charge in [-0.2, -0.15) is 0 Å². The molecule has 0 aliphatic rings. The Hall–Kier alpha value is 0.242. The van der Waals surface area contributed by atoms with Gasteiger partial charge in [0.2, 0.25) is 0 Å². The summed E-state index contributed by atoms with van der Waals surface area (Å²) < 4.78 is 0. The van der Waals surface area contributed by atoms with E-state index in [-0.39, 0.29) is 4.94 Å². The molecule has 0 spiro atoms. The topological polar surface area (TPSA) is 20.2 Å². The van der Waals surface area contributed by atoms with Gasteiger partial charge >= 0.3 is 0 Å². The van der Waals surface area contributed by atoms with Gasteiger partial charge in [0.15, 0.2) is 8.32 Å². The first-order chi connectivity index (χ1) is 5.90. The van der Waals surface area contributed by atoms with Crippen LogP contribution in [0.25, 0.3) is 0 Å². The van der Waals surface area contributed by atoms with Gasteiger partial charge < -0.3 is 4.80 Å². The van der Waals surface area contributed by atoms with Crippen LogP contribution in [0.5, 0.6) is 0 Å². The summed E-state index contributed by atoms with van der Waals surface area (Å²) in [5.41, 5.74) is 0. The van der Waals surface area contributed by atoms with Crippen molar-refractivity contribution < 1.29 is 4.80 Å². The maximum Gasteiger partial charge on any atom is 0.180 e. The molecule has 0 fully saturated rings. The fraction of sp³-hybridized carbons (Fsp3) is 1.00. The zero-order chi connectivity index (χ0) is 11.8. The van der Waals surface area contributed by atoms with Gasteiger partial charge in [0.1, 0.15) is 7.28 Å². The summed E-state index contributed by atoms with van der Waals surface area (Å²) in [5.74, 6) is 0.665. The van der Waals surface area contributed by atoms with Crippen molar-refractivity contribution in [2.24, 2.45) is 5.92 Å². The Kier molecular flexibility index (Phi) is 4.08. The largest absolute Gasteiger partial charge is 0.432 e. The van der Waals surface area contributed by atoms with Crippen LogP contribution in [-0.4, -0.2) is 20.4 Å². The Labute approximate surface area is 91.7 Å². The van der Waals surface area contributed by atoms with Crippen LogP contribution < -0.4 is 0 Å². The molecule has 1 N–H and O–H groups in total. The fourth-order valence-corrected chi connectivity index (χ4v) is 2.45. The van der Waals surface area contributed by atoms with Crippen LogP contribution in [0.15, 0.2) is 0 Å². The molecular formula is C11H27BOSi. The second kappa shape index (κ2) is 4.01. The molecule has 0 aromatic rings. The van der Waals surface area contributed by atoms with Crippen molar-refractivity contribution in [1.82, 2.24) is 0 Å². The molecule has 0 aliphatic carbocycles. The van der Waals surface area contributed by atoms with E-state index in [4.69, 9.17) is 0 Å². The van der Waals surface area contributed by atoms with E-state index >= 15 is 0 Å². The molecule has 0 bridgehead atoms. The van der Waals surface area contributed by atoms with Crippen molar-refractivity contribution in [3.63, 3.8) is 0 Å². The van der Waals surface area contributed by atoms with E-state index in [1.807, 2.05) is 13.1 Å². The van der Waals surface area contributed by atoms with Crippen LogP contribution in [0.4, 0.5) is 0 Å². The van der Waals surface area contributed by atoms with Gasteiger partial charge in [-0.1, -0.05) is 46.9 Å². The van der Waals surface area contributed by atoms with Crippen LogP contribution in [-0.2, 0) is 0 Å². The molecule has 0 aliphatic heterocycles. The van der Waals surface area contributed by atoms with E-state index in [2.05, 4.69) is 41.5 Å². The second-order valence-electron chi connectivity index (χ2n) is 6.76. The van der Waals surface area contributed by atoms with Gasteiger partial charge in [-0.15, -0.1) is 0 Å². The fourth-order valence-electron chi connectivity index (χ4n) is 1.56. The van der Waals surface area contributed by atoms with Crippen LogP contribution in [0.1, 0.15) is 41.5 Å². The lowest BCUT2D eigenvalue weighted by Gasteiger charge is -2.42. The zero-order valence-corrected chi connectivity index (χ0v) is 12.2. The van der Waals surface area contributed by atoms with Crippen molar-refractivity contribution in [2.75, 3.05) is 0 Å². The highest BCUT2D eigenvalue weighted by atomic mass is 28.4. The minimum Gasteiger partial charge on any atom is -0.432 e. The molecule has 0 saturated carbocycles. The van der Waals surface area contributed by atoms with Crippen molar-refractivity contribution in [3.05, 3.63) is 0 Å². The maximum atomic E-state index is 10.2. The average Bonchev–Trinajstić information content (AvgIpc) is 1.80. The first-order valence-corrected chi connectivity index (χ1v) is 8.57. The Morgan fingerprint density at radius 3 is 1.64 bits per heavy atom. The molecule has 0 unspecified atom stereocenters. The van der Waals surface area contributed by atoms with Gasteiger partial charge in [-0.05, 0) is 23.9 Å². The summed E-state index contributed by atoms with van der Waals surface area (Å²) in [6, 6.07) is 0. The maximum absolute atomic E-state index is 10.2. The molecule has 1 nitrogen and oxygen atoms in total. The lowest BCUT2D eigenvalue weighted by atomic mass is 9.44. The van der Waals surface area contributed by atoms with Crippen molar-refractivity contribution in [2.45, 2.75) is 64.9 Å². The smallest absolute Gasteiger partial charge is 0.180 e. The number of hydrogen-bond acceptors (Lipinski definition) is 1. The molecule has 0 rings (SSSR count). The summed E-state index contributed by atoms with van der Waals surface area (Å²) in [5, 5.41) is 0.316. The van der Waals surface area contributed by atoms with E-state index < -0.39 is 8.32 Å². The molecule has 3 heteroatoms. The van der Waals surface area contributed by atoms with Crippen molar-refractivity contribution in [1.29, 1.82) is 0 Å². The van der Waals surface area contributed by atoms with E-state index in [1.54, 1.807) is 0 Å². The van der Waals surface area contributed by atoms with E-state index in [0.29, 0.717) is 11.2 Å². The molecular weight excluding hydrogens is 187 g/mol. The molecule has 0 aromatic heterocycles. The SMILES string of the molecule is CC(C)C(C)(C)BC(C)(C)[Si](C)(C)O. The van der Waals surface area contributed by atoms with Gasteiger partial charge in [-0.25, -0.2) is 0 Å². The molecule has 84 valence electrons. The van der Waals surface area contributed by atoms with Gasteiger partial charge in [0.05, 0.1) is 0 Å². The normalized spacial score (nSPS) is 14.7. The first-order valence-electron chi connectivity index (χ1n) is 5.62. The van der Waals surface area contributed by atoms with Crippen molar-refractivity contribution in [3.8, 4) is 0 Å². The first kappa shape index (κ1) is 14.2.